The summed E-state index contributed by atoms with van der Waals surface area (Å²) < 4.78 is 0.865. The van der Waals surface area contributed by atoms with Crippen molar-refractivity contribution in [1.29, 1.82) is 0 Å². The van der Waals surface area contributed by atoms with Crippen LogP contribution in [-0.2, 0) is 0 Å². The first-order valence-corrected chi connectivity index (χ1v) is 9.30. The number of carbonyl (C=O) groups excluding carboxylic acids is 1. The third-order valence-electron chi connectivity index (χ3n) is 4.35. The average molecular weight is 388 g/mol. The Hall–Kier alpha value is -1.88. The van der Waals surface area contributed by atoms with E-state index in [-0.39, 0.29) is 5.91 Å². The van der Waals surface area contributed by atoms with Gasteiger partial charge in [-0.3, -0.25) is 4.79 Å². The van der Waals surface area contributed by atoms with Gasteiger partial charge in [-0.25, -0.2) is 4.98 Å². The Morgan fingerprint density at radius 2 is 1.83 bits per heavy atom. The number of amides is 1. The molecule has 0 atom stereocenters. The number of rotatable bonds is 4. The van der Waals surface area contributed by atoms with Gasteiger partial charge < -0.3 is 10.6 Å². The molecule has 2 N–H and O–H groups in total. The van der Waals surface area contributed by atoms with Crippen LogP contribution in [0.25, 0.3) is 0 Å². The van der Waals surface area contributed by atoms with Crippen molar-refractivity contribution in [2.75, 3.05) is 10.6 Å². The number of aromatic nitrogens is 1. The third-order valence-corrected chi connectivity index (χ3v) is 5.04. The topological polar surface area (TPSA) is 54.0 Å². The minimum atomic E-state index is -0.131. The molecule has 4 nitrogen and oxygen atoms in total. The quantitative estimate of drug-likeness (QED) is 0.705. The predicted molar refractivity (Wildman–Crippen MR) is 101 cm³/mol. The van der Waals surface area contributed by atoms with E-state index in [0.717, 1.165) is 16.0 Å². The molecule has 1 aromatic heterocycles. The largest absolute Gasteiger partial charge is 0.367 e. The number of hydrogen-bond donors (Lipinski definition) is 2. The maximum atomic E-state index is 12.5. The van der Waals surface area contributed by atoms with Crippen molar-refractivity contribution in [3.05, 3.63) is 52.6 Å². The molecule has 1 aromatic carbocycles. The van der Waals surface area contributed by atoms with E-state index in [1.807, 2.05) is 30.3 Å². The van der Waals surface area contributed by atoms with Crippen molar-refractivity contribution in [1.82, 2.24) is 4.98 Å². The number of benzene rings is 1. The molecule has 2 aromatic rings. The molecule has 0 radical (unpaired) electrons. The van der Waals surface area contributed by atoms with E-state index >= 15 is 0 Å². The summed E-state index contributed by atoms with van der Waals surface area (Å²) in [5.41, 5.74) is 1.37. The summed E-state index contributed by atoms with van der Waals surface area (Å²) in [6.07, 6.45) is 9.21. The Morgan fingerprint density at radius 1 is 1.08 bits per heavy atom. The number of anilines is 2. The number of carbonyl (C=O) groups is 1. The fourth-order valence-corrected chi connectivity index (χ4v) is 3.42. The summed E-state index contributed by atoms with van der Waals surface area (Å²) in [7, 11) is 0. The Kier molecular flexibility index (Phi) is 5.86. The zero-order valence-corrected chi connectivity index (χ0v) is 15.2. The van der Waals surface area contributed by atoms with Crippen LogP contribution in [0.4, 0.5) is 11.5 Å². The summed E-state index contributed by atoms with van der Waals surface area (Å²) in [5, 5.41) is 6.42. The van der Waals surface area contributed by atoms with Crippen molar-refractivity contribution in [2.24, 2.45) is 0 Å². The van der Waals surface area contributed by atoms with Gasteiger partial charge >= 0.3 is 0 Å². The molecule has 3 rings (SSSR count). The van der Waals surface area contributed by atoms with E-state index < -0.39 is 0 Å². The van der Waals surface area contributed by atoms with Gasteiger partial charge in [-0.05, 0) is 53.0 Å². The first-order valence-electron chi connectivity index (χ1n) is 8.51. The molecule has 1 aliphatic rings. The van der Waals surface area contributed by atoms with E-state index in [1.165, 1.54) is 38.5 Å². The highest BCUT2D eigenvalue weighted by molar-refractivity contribution is 9.10. The molecular formula is C19H22BrN3O. The Labute approximate surface area is 151 Å². The second-order valence-corrected chi connectivity index (χ2v) is 7.05. The van der Waals surface area contributed by atoms with Crippen LogP contribution >= 0.6 is 15.9 Å². The minimum absolute atomic E-state index is 0.131. The molecule has 0 saturated heterocycles. The Bertz CT molecular complexity index is 697. The van der Waals surface area contributed by atoms with E-state index in [1.54, 1.807) is 12.3 Å². The number of para-hydroxylation sites is 1. The molecule has 0 spiro atoms. The Morgan fingerprint density at radius 3 is 2.58 bits per heavy atom. The first kappa shape index (κ1) is 17.0. The molecule has 1 saturated carbocycles. The van der Waals surface area contributed by atoms with Crippen LogP contribution in [0, 0.1) is 0 Å². The second kappa shape index (κ2) is 8.29. The van der Waals surface area contributed by atoms with E-state index in [2.05, 4.69) is 31.5 Å². The van der Waals surface area contributed by atoms with Gasteiger partial charge in [0.2, 0.25) is 0 Å². The van der Waals surface area contributed by atoms with Gasteiger partial charge in [-0.2, -0.15) is 0 Å². The maximum Gasteiger partial charge on any atom is 0.255 e. The van der Waals surface area contributed by atoms with Gasteiger partial charge in [0.05, 0.1) is 5.69 Å². The summed E-state index contributed by atoms with van der Waals surface area (Å²) in [6, 6.07) is 11.6. The summed E-state index contributed by atoms with van der Waals surface area (Å²) >= 11 is 3.45. The molecule has 1 fully saturated rings. The van der Waals surface area contributed by atoms with Gasteiger partial charge in [0.15, 0.2) is 0 Å². The molecule has 0 unspecified atom stereocenters. The summed E-state index contributed by atoms with van der Waals surface area (Å²) in [4.78, 5) is 16.8. The lowest BCUT2D eigenvalue weighted by molar-refractivity contribution is 0.102. The molecule has 1 aliphatic carbocycles. The lowest BCUT2D eigenvalue weighted by Crippen LogP contribution is -2.20. The smallest absolute Gasteiger partial charge is 0.255 e. The van der Waals surface area contributed by atoms with Crippen LogP contribution in [-0.4, -0.2) is 16.9 Å². The highest BCUT2D eigenvalue weighted by Crippen LogP contribution is 2.23. The Balaban J connectivity index is 1.68. The number of pyridine rings is 1. The normalized spacial score (nSPS) is 15.5. The van der Waals surface area contributed by atoms with Crippen molar-refractivity contribution in [3.8, 4) is 0 Å². The van der Waals surface area contributed by atoms with Gasteiger partial charge in [0.1, 0.15) is 5.82 Å². The fourth-order valence-electron chi connectivity index (χ4n) is 3.04. The monoisotopic (exact) mass is 387 g/mol. The van der Waals surface area contributed by atoms with E-state index in [4.69, 9.17) is 0 Å². The van der Waals surface area contributed by atoms with Crippen LogP contribution in [0.15, 0.2) is 47.1 Å². The van der Waals surface area contributed by atoms with Crippen molar-refractivity contribution >= 4 is 33.3 Å². The standard InChI is InChI=1S/C19H22BrN3O/c20-16-9-5-6-10-17(16)23-19(24)14-11-12-21-18(13-14)22-15-7-3-1-2-4-8-15/h5-6,9-13,15H,1-4,7-8H2,(H,21,22)(H,23,24). The minimum Gasteiger partial charge on any atom is -0.367 e. The molecule has 0 bridgehead atoms. The molecular weight excluding hydrogens is 366 g/mol. The molecule has 5 heteroatoms. The molecule has 1 amide bonds. The SMILES string of the molecule is O=C(Nc1ccccc1Br)c1ccnc(NC2CCCCCC2)c1. The highest BCUT2D eigenvalue weighted by atomic mass is 79.9. The molecule has 0 aliphatic heterocycles. The zero-order chi connectivity index (χ0) is 16.8. The molecule has 126 valence electrons. The van der Waals surface area contributed by atoms with Crippen molar-refractivity contribution in [2.45, 2.75) is 44.6 Å². The second-order valence-electron chi connectivity index (χ2n) is 6.20. The van der Waals surface area contributed by atoms with Crippen LogP contribution < -0.4 is 10.6 Å². The number of nitrogens with one attached hydrogen (secondary N) is 2. The van der Waals surface area contributed by atoms with Gasteiger partial charge in [0, 0.05) is 22.3 Å². The number of nitrogens with zero attached hydrogens (tertiary/aromatic N) is 1. The zero-order valence-electron chi connectivity index (χ0n) is 13.6. The first-order chi connectivity index (χ1) is 11.7. The highest BCUT2D eigenvalue weighted by Gasteiger charge is 2.14. The van der Waals surface area contributed by atoms with E-state index in [0.29, 0.717) is 11.6 Å². The van der Waals surface area contributed by atoms with Gasteiger partial charge in [-0.15, -0.1) is 0 Å². The molecule has 1 heterocycles. The van der Waals surface area contributed by atoms with Crippen LogP contribution in [0.2, 0.25) is 0 Å². The number of hydrogen-bond acceptors (Lipinski definition) is 3. The predicted octanol–water partition coefficient (Wildman–Crippen LogP) is 5.23. The summed E-state index contributed by atoms with van der Waals surface area (Å²) in [5.74, 6) is 0.648. The molecule has 24 heavy (non-hydrogen) atoms. The average Bonchev–Trinajstić information content (AvgIpc) is 2.86. The third kappa shape index (κ3) is 4.57. The maximum absolute atomic E-state index is 12.5. The van der Waals surface area contributed by atoms with E-state index in [9.17, 15) is 4.79 Å². The number of halogens is 1. The lowest BCUT2D eigenvalue weighted by atomic mass is 10.1. The van der Waals surface area contributed by atoms with Crippen LogP contribution in [0.1, 0.15) is 48.9 Å². The lowest BCUT2D eigenvalue weighted by Gasteiger charge is -2.17. The summed E-state index contributed by atoms with van der Waals surface area (Å²) in [6.45, 7) is 0. The fraction of sp³-hybridized carbons (Fsp3) is 0.368. The van der Waals surface area contributed by atoms with Crippen molar-refractivity contribution < 1.29 is 4.79 Å². The van der Waals surface area contributed by atoms with Crippen LogP contribution in [0.3, 0.4) is 0 Å². The van der Waals surface area contributed by atoms with Gasteiger partial charge in [0.25, 0.3) is 5.91 Å². The van der Waals surface area contributed by atoms with Gasteiger partial charge in [-0.1, -0.05) is 37.8 Å². The van der Waals surface area contributed by atoms with Crippen molar-refractivity contribution in [3.63, 3.8) is 0 Å². The van der Waals surface area contributed by atoms with Crippen LogP contribution in [0.5, 0.6) is 0 Å².